The molecule has 0 unspecified atom stereocenters. The van der Waals surface area contributed by atoms with Crippen molar-refractivity contribution in [3.05, 3.63) is 0 Å². The zero-order valence-electron chi connectivity index (χ0n) is 10.8. The summed E-state index contributed by atoms with van der Waals surface area (Å²) in [6.45, 7) is 1.34. The summed E-state index contributed by atoms with van der Waals surface area (Å²) in [5.74, 6) is -1.72. The lowest BCUT2D eigenvalue weighted by molar-refractivity contribution is -0.145. The molecule has 108 valence electrons. The van der Waals surface area contributed by atoms with Gasteiger partial charge in [0.1, 0.15) is 6.42 Å². The van der Waals surface area contributed by atoms with Gasteiger partial charge in [-0.15, -0.1) is 0 Å². The van der Waals surface area contributed by atoms with Gasteiger partial charge in [0.2, 0.25) is 11.8 Å². The van der Waals surface area contributed by atoms with Crippen LogP contribution in [0.5, 0.6) is 0 Å². The summed E-state index contributed by atoms with van der Waals surface area (Å²) >= 11 is 0. The fraction of sp³-hybridized carbons (Fsp3) is 0.750. The number of nitrogens with zero attached hydrogens (tertiary/aromatic N) is 1. The quantitative estimate of drug-likeness (QED) is 0.433. The Kier molecular flexibility index (Phi) is 6.27. The molecule has 0 atom stereocenters. The highest BCUT2D eigenvalue weighted by Crippen LogP contribution is 2.17. The van der Waals surface area contributed by atoms with E-state index in [-0.39, 0.29) is 18.4 Å². The van der Waals surface area contributed by atoms with Crippen molar-refractivity contribution in [2.24, 2.45) is 5.92 Å². The van der Waals surface area contributed by atoms with Gasteiger partial charge in [0.05, 0.1) is 0 Å². The van der Waals surface area contributed by atoms with Crippen LogP contribution in [0.4, 0.5) is 0 Å². The molecule has 7 heteroatoms. The minimum atomic E-state index is -1.13. The maximum atomic E-state index is 11.7. The number of aliphatic hydroxyl groups excluding tert-OH is 1. The largest absolute Gasteiger partial charge is 0.481 e. The number of hydrogen-bond acceptors (Lipinski definition) is 4. The molecule has 1 fully saturated rings. The molecule has 19 heavy (non-hydrogen) atoms. The second kappa shape index (κ2) is 7.73. The van der Waals surface area contributed by atoms with Crippen LogP contribution in [0.25, 0.3) is 0 Å². The maximum Gasteiger partial charge on any atom is 0.312 e. The van der Waals surface area contributed by atoms with Crippen molar-refractivity contribution in [2.45, 2.75) is 25.7 Å². The number of piperidine rings is 1. The smallest absolute Gasteiger partial charge is 0.312 e. The van der Waals surface area contributed by atoms with Gasteiger partial charge in [-0.2, -0.15) is 0 Å². The van der Waals surface area contributed by atoms with Gasteiger partial charge in [-0.1, -0.05) is 0 Å². The van der Waals surface area contributed by atoms with Crippen LogP contribution in [0.15, 0.2) is 0 Å². The van der Waals surface area contributed by atoms with Gasteiger partial charge in [0.25, 0.3) is 0 Å². The Morgan fingerprint density at radius 2 is 1.84 bits per heavy atom. The fourth-order valence-corrected chi connectivity index (χ4v) is 2.07. The van der Waals surface area contributed by atoms with Crippen molar-refractivity contribution in [1.29, 1.82) is 0 Å². The summed E-state index contributed by atoms with van der Waals surface area (Å²) in [6, 6.07) is 0. The molecule has 0 aromatic heterocycles. The second-order valence-electron chi connectivity index (χ2n) is 4.59. The molecule has 1 aliphatic rings. The molecular formula is C12H20N2O5. The van der Waals surface area contributed by atoms with Crippen LogP contribution in [0.1, 0.15) is 25.7 Å². The summed E-state index contributed by atoms with van der Waals surface area (Å²) in [4.78, 5) is 35.2. The number of likely N-dealkylation sites (tertiary alicyclic amines) is 1. The summed E-state index contributed by atoms with van der Waals surface area (Å²) in [7, 11) is 0. The van der Waals surface area contributed by atoms with Gasteiger partial charge in [-0.3, -0.25) is 14.4 Å². The molecule has 0 saturated carbocycles. The number of carbonyl (C=O) groups is 3. The molecule has 1 saturated heterocycles. The minimum absolute atomic E-state index is 0.0441. The highest BCUT2D eigenvalue weighted by Gasteiger charge is 2.27. The van der Waals surface area contributed by atoms with Crippen molar-refractivity contribution in [3.8, 4) is 0 Å². The Morgan fingerprint density at radius 3 is 2.37 bits per heavy atom. The van der Waals surface area contributed by atoms with Crippen molar-refractivity contribution >= 4 is 17.8 Å². The predicted molar refractivity (Wildman–Crippen MR) is 66.3 cm³/mol. The van der Waals surface area contributed by atoms with Gasteiger partial charge < -0.3 is 20.4 Å². The monoisotopic (exact) mass is 272 g/mol. The zero-order chi connectivity index (χ0) is 14.3. The Labute approximate surface area is 111 Å². The first-order valence-electron chi connectivity index (χ1n) is 6.42. The van der Waals surface area contributed by atoms with Crippen molar-refractivity contribution in [1.82, 2.24) is 10.2 Å². The lowest BCUT2D eigenvalue weighted by Crippen LogP contribution is -2.43. The fourth-order valence-electron chi connectivity index (χ4n) is 2.07. The van der Waals surface area contributed by atoms with E-state index in [1.54, 1.807) is 0 Å². The second-order valence-corrected chi connectivity index (χ2v) is 4.59. The maximum absolute atomic E-state index is 11.7. The van der Waals surface area contributed by atoms with Crippen LogP contribution in [-0.2, 0) is 14.4 Å². The third-order valence-corrected chi connectivity index (χ3v) is 3.16. The van der Waals surface area contributed by atoms with Crippen molar-refractivity contribution in [2.75, 3.05) is 26.2 Å². The predicted octanol–water partition coefficient (Wildman–Crippen LogP) is -0.802. The minimum Gasteiger partial charge on any atom is -0.481 e. The van der Waals surface area contributed by atoms with Gasteiger partial charge in [0.15, 0.2) is 0 Å². The molecule has 0 bridgehead atoms. The van der Waals surface area contributed by atoms with Gasteiger partial charge in [-0.05, 0) is 19.3 Å². The number of amides is 2. The van der Waals surface area contributed by atoms with Crippen LogP contribution in [0.3, 0.4) is 0 Å². The Bertz CT molecular complexity index is 337. The highest BCUT2D eigenvalue weighted by molar-refractivity contribution is 5.93. The summed E-state index contributed by atoms with van der Waals surface area (Å²) in [5, 5.41) is 19.9. The molecule has 1 aliphatic heterocycles. The molecule has 0 aromatic rings. The van der Waals surface area contributed by atoms with E-state index in [0.717, 1.165) is 0 Å². The normalized spacial score (nSPS) is 16.2. The Hall–Kier alpha value is -1.63. The highest BCUT2D eigenvalue weighted by atomic mass is 16.4. The molecule has 1 rings (SSSR count). The van der Waals surface area contributed by atoms with E-state index in [1.165, 1.54) is 4.90 Å². The van der Waals surface area contributed by atoms with E-state index in [1.807, 2.05) is 0 Å². The van der Waals surface area contributed by atoms with Crippen LogP contribution in [0.2, 0.25) is 0 Å². The lowest BCUT2D eigenvalue weighted by atomic mass is 9.95. The number of nitrogens with one attached hydrogen (secondary N) is 1. The summed E-state index contributed by atoms with van der Waals surface area (Å²) < 4.78 is 0. The first-order valence-corrected chi connectivity index (χ1v) is 6.42. The third-order valence-electron chi connectivity index (χ3n) is 3.16. The number of carboxylic acids is 1. The SMILES string of the molecule is O=C(O)CC(=O)N1CCC(C(=O)NCCCO)CC1. The van der Waals surface area contributed by atoms with Gasteiger partial charge in [-0.25, -0.2) is 0 Å². The number of aliphatic carboxylic acids is 1. The van der Waals surface area contributed by atoms with Crippen LogP contribution in [0, 0.1) is 5.92 Å². The number of carboxylic acid groups (broad SMARTS) is 1. The first kappa shape index (κ1) is 15.4. The average molecular weight is 272 g/mol. The zero-order valence-corrected chi connectivity index (χ0v) is 10.8. The van der Waals surface area contributed by atoms with Crippen LogP contribution in [-0.4, -0.2) is 59.1 Å². The van der Waals surface area contributed by atoms with E-state index in [2.05, 4.69) is 5.32 Å². The Morgan fingerprint density at radius 1 is 1.21 bits per heavy atom. The number of aliphatic hydroxyl groups is 1. The molecule has 1 heterocycles. The average Bonchev–Trinajstić information content (AvgIpc) is 2.38. The molecule has 3 N–H and O–H groups in total. The molecule has 0 aromatic carbocycles. The molecule has 0 aliphatic carbocycles. The molecule has 0 radical (unpaired) electrons. The summed E-state index contributed by atoms with van der Waals surface area (Å²) in [6.07, 6.45) is 1.14. The van der Waals surface area contributed by atoms with Crippen molar-refractivity contribution < 1.29 is 24.6 Å². The van der Waals surface area contributed by atoms with Gasteiger partial charge >= 0.3 is 5.97 Å². The number of hydrogen-bond donors (Lipinski definition) is 3. The van der Waals surface area contributed by atoms with E-state index in [0.29, 0.717) is 38.9 Å². The molecule has 7 nitrogen and oxygen atoms in total. The molecule has 0 spiro atoms. The van der Waals surface area contributed by atoms with E-state index in [4.69, 9.17) is 10.2 Å². The third kappa shape index (κ3) is 5.25. The lowest BCUT2D eigenvalue weighted by Gasteiger charge is -2.31. The van der Waals surface area contributed by atoms with E-state index >= 15 is 0 Å². The first-order chi connectivity index (χ1) is 9.04. The Balaban J connectivity index is 2.30. The standard InChI is InChI=1S/C12H20N2O5/c15-7-1-4-13-12(19)9-2-5-14(6-3-9)10(16)8-11(17)18/h9,15H,1-8H2,(H,13,19)(H,17,18). The van der Waals surface area contributed by atoms with Gasteiger partial charge in [0, 0.05) is 32.2 Å². The van der Waals surface area contributed by atoms with Crippen LogP contribution >= 0.6 is 0 Å². The summed E-state index contributed by atoms with van der Waals surface area (Å²) in [5.41, 5.74) is 0. The van der Waals surface area contributed by atoms with E-state index < -0.39 is 18.3 Å². The number of carbonyl (C=O) groups excluding carboxylic acids is 2. The molecular weight excluding hydrogens is 252 g/mol. The van der Waals surface area contributed by atoms with E-state index in [9.17, 15) is 14.4 Å². The topological polar surface area (TPSA) is 107 Å². The van der Waals surface area contributed by atoms with Crippen LogP contribution < -0.4 is 5.32 Å². The number of rotatable bonds is 6. The van der Waals surface area contributed by atoms with Crippen molar-refractivity contribution in [3.63, 3.8) is 0 Å². The molecule has 2 amide bonds.